The number of nitrogens with one attached hydrogen (secondary N) is 1. The third kappa shape index (κ3) is 23.8. The van der Waals surface area contributed by atoms with E-state index >= 15 is 0 Å². The molecule has 0 aliphatic carbocycles. The molecule has 1 saturated heterocycles. The Morgan fingerprint density at radius 3 is 1.26 bits per heavy atom. The van der Waals surface area contributed by atoms with Crippen molar-refractivity contribution in [3.63, 3.8) is 0 Å². The van der Waals surface area contributed by atoms with Crippen LogP contribution < -0.4 is 20.0 Å². The first kappa shape index (κ1) is 107. The van der Waals surface area contributed by atoms with Gasteiger partial charge >= 0.3 is 45.4 Å². The molecule has 43 heteroatoms. The lowest BCUT2D eigenvalue weighted by Gasteiger charge is -2.40. The van der Waals surface area contributed by atoms with Gasteiger partial charge in [-0.05, 0) is 219 Å². The summed E-state index contributed by atoms with van der Waals surface area (Å²) in [6.07, 6.45) is 3.95. The summed E-state index contributed by atoms with van der Waals surface area (Å²) in [7, 11) is -3.44. The van der Waals surface area contributed by atoms with Gasteiger partial charge in [0.15, 0.2) is 25.4 Å². The van der Waals surface area contributed by atoms with Crippen LogP contribution in [0.1, 0.15) is 212 Å². The summed E-state index contributed by atoms with van der Waals surface area (Å²) in [5.41, 5.74) is 15.6. The molecule has 0 spiro atoms. The Hall–Kier alpha value is -10.0. The molecule has 7 aromatic heterocycles. The van der Waals surface area contributed by atoms with Gasteiger partial charge in [-0.3, -0.25) is 0 Å². The van der Waals surface area contributed by atoms with Gasteiger partial charge in [0, 0.05) is 105 Å². The topological polar surface area (TPSA) is 365 Å². The summed E-state index contributed by atoms with van der Waals surface area (Å²) in [6, 6.07) is 21.2. The van der Waals surface area contributed by atoms with Gasteiger partial charge in [-0.25, -0.2) is 81.1 Å². The number of fused-ring (bicyclic) bond motifs is 12. The molecular weight excluding hydrogens is 1950 g/mol. The number of halogens is 6. The lowest BCUT2D eigenvalue weighted by atomic mass is 9.74. The first-order valence-corrected chi connectivity index (χ1v) is 51.4. The van der Waals surface area contributed by atoms with E-state index in [1.807, 2.05) is 91.1 Å². The van der Waals surface area contributed by atoms with Crippen LogP contribution >= 0.6 is 43.5 Å². The lowest BCUT2D eigenvalue weighted by molar-refractivity contribution is -0.141. The van der Waals surface area contributed by atoms with Crippen molar-refractivity contribution in [2.45, 2.75) is 224 Å². The third-order valence-electron chi connectivity index (χ3n) is 24.4. The van der Waals surface area contributed by atoms with Crippen LogP contribution in [0.25, 0.3) is 44.1 Å². The van der Waals surface area contributed by atoms with Crippen molar-refractivity contribution in [3.05, 3.63) is 190 Å². The molecular formula is C94H121B3Br2ClF3N18O14S2. The first-order valence-electron chi connectivity index (χ1n) is 45.7. The first-order chi connectivity index (χ1) is 64.6. The number of benzene rings is 5. The summed E-state index contributed by atoms with van der Waals surface area (Å²) >= 11 is 11.5. The summed E-state index contributed by atoms with van der Waals surface area (Å²) in [5.74, 6) is 5.11. The van der Waals surface area contributed by atoms with Gasteiger partial charge in [-0.2, -0.15) is 13.2 Å². The molecule has 4 atom stereocenters. The van der Waals surface area contributed by atoms with Gasteiger partial charge in [-0.15, -0.1) is 0 Å². The Morgan fingerprint density at radius 2 is 0.883 bits per heavy atom. The van der Waals surface area contributed by atoms with Crippen molar-refractivity contribution in [2.24, 2.45) is 23.7 Å². The minimum Gasteiger partial charge on any atom is -0.465 e. The highest BCUT2D eigenvalue weighted by Crippen LogP contribution is 2.44. The summed E-state index contributed by atoms with van der Waals surface area (Å²) in [4.78, 5) is 87.9. The maximum atomic E-state index is 12.4. The highest BCUT2D eigenvalue weighted by Gasteiger charge is 2.41. The van der Waals surface area contributed by atoms with Crippen LogP contribution in [0.2, 0.25) is 25.8 Å². The number of sulfone groups is 2. The zero-order valence-corrected chi connectivity index (χ0v) is 87.7. The smallest absolute Gasteiger partial charge is 0.434 e. The fourth-order valence-corrected chi connectivity index (χ4v) is 20.2. The number of carbonyl (C=O) groups is 3. The maximum Gasteiger partial charge on any atom is 0.434 e. The molecule has 5 aromatic carbocycles. The van der Waals surface area contributed by atoms with E-state index < -0.39 is 42.8 Å². The van der Waals surface area contributed by atoms with Gasteiger partial charge in [0.25, 0.3) is 0 Å². The molecule has 137 heavy (non-hydrogen) atoms. The summed E-state index contributed by atoms with van der Waals surface area (Å²) in [5, 5.41) is 12.8. The lowest BCUT2D eigenvalue weighted by Crippen LogP contribution is -2.44. The van der Waals surface area contributed by atoms with Crippen LogP contribution in [0.4, 0.5) is 30.8 Å². The Bertz CT molecular complexity index is 6670. The molecule has 5 aliphatic rings. The largest absolute Gasteiger partial charge is 0.465 e. The predicted octanol–water partition coefficient (Wildman–Crippen LogP) is 18.1. The van der Waals surface area contributed by atoms with Gasteiger partial charge in [-0.1, -0.05) is 99.0 Å². The van der Waals surface area contributed by atoms with E-state index in [-0.39, 0.29) is 95.7 Å². The van der Waals surface area contributed by atoms with Crippen molar-refractivity contribution in [1.82, 2.24) is 73.4 Å². The van der Waals surface area contributed by atoms with Gasteiger partial charge < -0.3 is 71.3 Å². The highest BCUT2D eigenvalue weighted by atomic mass is 79.9. The summed E-state index contributed by atoms with van der Waals surface area (Å²) < 4.78 is 125. The number of esters is 3. The minimum absolute atomic E-state index is 0.00612. The number of aliphatic hydroxyl groups excluding tert-OH is 1. The molecule has 17 rings (SSSR count). The van der Waals surface area contributed by atoms with Crippen molar-refractivity contribution < 1.29 is 77.4 Å². The van der Waals surface area contributed by atoms with E-state index in [4.69, 9.17) is 64.4 Å². The number of aromatic nitrogens is 14. The summed E-state index contributed by atoms with van der Waals surface area (Å²) in [6.45, 7) is 47.0. The molecule has 0 unspecified atom stereocenters. The third-order valence-corrected chi connectivity index (χ3v) is 28.3. The van der Waals surface area contributed by atoms with E-state index in [2.05, 4.69) is 197 Å². The molecule has 0 saturated carbocycles. The van der Waals surface area contributed by atoms with Crippen LogP contribution in [-0.2, 0) is 99.4 Å². The second-order valence-corrected chi connectivity index (χ2v) is 41.2. The molecule has 0 bridgehead atoms. The number of methoxy groups -OCH3 is 3. The molecule has 0 radical (unpaired) electrons. The predicted molar refractivity (Wildman–Crippen MR) is 535 cm³/mol. The monoisotopic (exact) mass is 2070 g/mol. The van der Waals surface area contributed by atoms with E-state index in [0.717, 1.165) is 147 Å². The fraction of sp³-hybridized carbons (Fsp3) is 0.479. The zero-order chi connectivity index (χ0) is 101. The van der Waals surface area contributed by atoms with Crippen molar-refractivity contribution in [1.29, 1.82) is 0 Å². The van der Waals surface area contributed by atoms with Crippen molar-refractivity contribution in [2.75, 3.05) is 74.7 Å². The Morgan fingerprint density at radius 1 is 0.496 bits per heavy atom. The highest BCUT2D eigenvalue weighted by molar-refractivity contribution is 9.10. The minimum atomic E-state index is -4.51. The number of hydrogen-bond acceptors (Lipinski definition) is 28. The quantitative estimate of drug-likeness (QED) is 0.0416. The Balaban J connectivity index is 0.000000163. The van der Waals surface area contributed by atoms with E-state index in [1.165, 1.54) is 44.7 Å². The average Bonchev–Trinajstić information content (AvgIpc) is 1.59. The number of anilines is 3. The number of ether oxygens (including phenoxy) is 3. The van der Waals surface area contributed by atoms with Gasteiger partial charge in [0.05, 0.1) is 127 Å². The molecule has 12 aromatic rings. The van der Waals surface area contributed by atoms with Gasteiger partial charge in [0.2, 0.25) is 17.2 Å². The number of carbonyl (C=O) groups excluding carboxylic acids is 3. The normalized spacial score (nSPS) is 16.4. The molecule has 0 amide bonds. The Labute approximate surface area is 821 Å². The second kappa shape index (κ2) is 45.0. The van der Waals surface area contributed by atoms with Crippen LogP contribution in [-0.4, -0.2) is 189 Å². The van der Waals surface area contributed by atoms with E-state index in [9.17, 15) is 49.5 Å². The number of hydrogen-bond donors (Lipinski definition) is 2. The fourth-order valence-electron chi connectivity index (χ4n) is 17.6. The van der Waals surface area contributed by atoms with Gasteiger partial charge in [0.1, 0.15) is 23.3 Å². The number of alkyl halides is 3. The number of nitrogens with zero attached hydrogens (tertiary/aromatic N) is 17. The molecule has 1 fully saturated rings. The zero-order valence-electron chi connectivity index (χ0n) is 82.2. The molecule has 32 nitrogen and oxygen atoms in total. The van der Waals surface area contributed by atoms with Crippen LogP contribution in [0.5, 0.6) is 0 Å². The van der Waals surface area contributed by atoms with Crippen LogP contribution in [0, 0.1) is 58.3 Å². The van der Waals surface area contributed by atoms with Crippen molar-refractivity contribution in [3.8, 4) is 0 Å². The number of rotatable bonds is 15. The molecule has 12 heterocycles. The maximum absolute atomic E-state index is 12.4. The standard InChI is InChI=1S/C24H28BrN3O2.C22H27N5O4S.C21H27N5O3S.C17H23N3O2.C5HBrClF3N2.C3H9B3O3.C2H6/c1-6-16-12-21-20(13-18(16)24(29)30-5)26-23-22(14(2)3)27(9-10-28(21)23)17-7-8-19(25)15(4)11-17;1-12(2)19-20-25-16-9-15(21(28)31-5)18(32(6,29)30)10-17(16)26(20)7-8-27(19)22-23-11-13(3)14(4)24-22;1-12(2)19-20-24-16-8-15(11-27)18(30(5,28)29)9-17(16)25(20)6-7-26(19)21-22-10-13(3)14(4)23-21;1-5-11-8-14-13(9-12(11)17(21)22-4)19-16-15(10(2)3)18-6-7-20(14)16;6-2-1-11-4(7)12-3(2)5(8,9)10;1-4-7-5(2)9-6(3)8-4;1-2/h7-8,11-14,22H,6,9-10H2,1-5H3;9-12,19H,7-8H2,1-6H3;8-10,12,19,27H,6-7,11H2,1-5H3;8-10,15,18H,5-7H2,1-4H3;1H;1-3H3;1-2H3/t22-;2*19-;15-;;;/m1111.../s1. The molecule has 734 valence electrons. The van der Waals surface area contributed by atoms with Crippen LogP contribution in [0.15, 0.2) is 104 Å². The number of aryl methyl sites for hydroxylation is 7. The van der Waals surface area contributed by atoms with Crippen molar-refractivity contribution >= 4 is 164 Å². The van der Waals surface area contributed by atoms with Crippen LogP contribution in [0.3, 0.4) is 0 Å². The SMILES string of the molecule is CB1OB(C)OB(C)O1.CC.CCc1cc2c(cc1C(=O)OC)nc1n2CCN(c2ccc(Br)c(C)c2)[C@@H]1C(C)C.CCc1cc2c(cc1C(=O)OC)nc1n2CCN[C@@H]1C(C)C.COC(=O)c1cc2nc3n(c2cc1S(C)(=O)=O)CCN(c1ncc(C)c(C)n1)[C@@H]3C(C)C.Cc1cnc(N2CCn3c(nc4cc(CO)c(S(C)(=O)=O)cc43)[C@H]2C(C)C)nc1C.FC(F)(F)c1nc(Cl)ncc1Br. The number of aliphatic hydroxyl groups is 1. The van der Waals surface area contributed by atoms with E-state index in [0.29, 0.717) is 83.2 Å². The second-order valence-electron chi connectivity index (χ2n) is 35.2. The molecule has 5 aliphatic heterocycles. The number of imidazole rings is 4. The average molecular weight is 2080 g/mol. The Kier molecular flexibility index (Phi) is 35.3. The van der Waals surface area contributed by atoms with E-state index in [1.54, 1.807) is 12.1 Å². The molecule has 2 N–H and O–H groups in total.